The fourth-order valence-corrected chi connectivity index (χ4v) is 3.13. The molecule has 2 aromatic rings. The average molecular weight is 408 g/mol. The van der Waals surface area contributed by atoms with Gasteiger partial charge in [-0.1, -0.05) is 0 Å². The third-order valence-electron chi connectivity index (χ3n) is 4.48. The third kappa shape index (κ3) is 3.64. The molecule has 9 nitrogen and oxygen atoms in total. The lowest BCUT2D eigenvalue weighted by Crippen LogP contribution is -2.45. The predicted molar refractivity (Wildman–Crippen MR) is 99.8 cm³/mol. The van der Waals surface area contributed by atoms with Gasteiger partial charge in [0, 0.05) is 16.8 Å². The minimum atomic E-state index is -1.63. The first kappa shape index (κ1) is 20.7. The lowest BCUT2D eigenvalue weighted by atomic mass is 10.0. The first-order valence-corrected chi connectivity index (χ1v) is 8.82. The summed E-state index contributed by atoms with van der Waals surface area (Å²) < 4.78 is 0. The molecule has 1 aliphatic heterocycles. The number of hydrogen-bond acceptors (Lipinski definition) is 7. The van der Waals surface area contributed by atoms with Crippen molar-refractivity contribution in [1.29, 1.82) is 0 Å². The molecular formula is C21H16N2O7-2. The smallest absolute Gasteiger partial charge is 0.262 e. The molecule has 0 aromatic heterocycles. The van der Waals surface area contributed by atoms with Crippen molar-refractivity contribution in [3.63, 3.8) is 0 Å². The van der Waals surface area contributed by atoms with E-state index in [0.29, 0.717) is 0 Å². The van der Waals surface area contributed by atoms with Crippen molar-refractivity contribution in [1.82, 2.24) is 4.90 Å². The predicted octanol–water partition coefficient (Wildman–Crippen LogP) is 0.0604. The fraction of sp³-hybridized carbons (Fsp3) is 0.190. The van der Waals surface area contributed by atoms with Crippen LogP contribution in [0.2, 0.25) is 0 Å². The molecule has 0 spiro atoms. The van der Waals surface area contributed by atoms with E-state index in [1.807, 2.05) is 0 Å². The van der Waals surface area contributed by atoms with Gasteiger partial charge in [0.1, 0.15) is 0 Å². The maximum Gasteiger partial charge on any atom is 0.262 e. The van der Waals surface area contributed by atoms with E-state index in [4.69, 9.17) is 0 Å². The van der Waals surface area contributed by atoms with Gasteiger partial charge in [0.25, 0.3) is 17.7 Å². The molecule has 0 saturated carbocycles. The number of carbonyl (C=O) groups is 5. The van der Waals surface area contributed by atoms with Gasteiger partial charge in [-0.25, -0.2) is 0 Å². The summed E-state index contributed by atoms with van der Waals surface area (Å²) in [5.41, 5.74) is -1.50. The summed E-state index contributed by atoms with van der Waals surface area (Å²) in [4.78, 5) is 61.0. The van der Waals surface area contributed by atoms with Gasteiger partial charge >= 0.3 is 0 Å². The second-order valence-corrected chi connectivity index (χ2v) is 7.70. The van der Waals surface area contributed by atoms with E-state index >= 15 is 0 Å². The zero-order valence-corrected chi connectivity index (χ0v) is 16.3. The summed E-state index contributed by atoms with van der Waals surface area (Å²) in [6, 6.07) is 6.88. The van der Waals surface area contributed by atoms with Gasteiger partial charge in [0.05, 0.1) is 23.1 Å². The van der Waals surface area contributed by atoms with Crippen LogP contribution in [0.25, 0.3) is 0 Å². The van der Waals surface area contributed by atoms with Gasteiger partial charge in [0.2, 0.25) is 0 Å². The molecule has 3 rings (SSSR count). The number of hydrogen-bond donors (Lipinski definition) is 1. The van der Waals surface area contributed by atoms with Gasteiger partial charge in [-0.05, 0) is 68.3 Å². The van der Waals surface area contributed by atoms with Crippen molar-refractivity contribution in [3.8, 4) is 0 Å². The van der Waals surface area contributed by atoms with Crippen molar-refractivity contribution >= 4 is 35.3 Å². The molecule has 9 heteroatoms. The van der Waals surface area contributed by atoms with E-state index in [0.717, 1.165) is 23.1 Å². The number of imide groups is 1. The number of fused-ring (bicyclic) bond motifs is 1. The van der Waals surface area contributed by atoms with Crippen LogP contribution in [0.4, 0.5) is 5.69 Å². The molecule has 0 fully saturated rings. The van der Waals surface area contributed by atoms with E-state index in [9.17, 15) is 34.2 Å². The molecule has 0 bridgehead atoms. The summed E-state index contributed by atoms with van der Waals surface area (Å²) in [5, 5.41) is 24.5. The highest BCUT2D eigenvalue weighted by Gasteiger charge is 2.42. The lowest BCUT2D eigenvalue weighted by molar-refractivity contribution is -0.255. The van der Waals surface area contributed by atoms with E-state index in [2.05, 4.69) is 5.32 Å². The van der Waals surface area contributed by atoms with Crippen LogP contribution in [0, 0.1) is 0 Å². The monoisotopic (exact) mass is 408 g/mol. The Labute approximate surface area is 170 Å². The Morgan fingerprint density at radius 1 is 0.800 bits per heavy atom. The Bertz CT molecular complexity index is 1100. The Kier molecular flexibility index (Phi) is 4.91. The molecule has 0 aliphatic carbocycles. The molecule has 3 amide bonds. The second-order valence-electron chi connectivity index (χ2n) is 7.70. The van der Waals surface area contributed by atoms with Crippen LogP contribution in [0.1, 0.15) is 72.6 Å². The van der Waals surface area contributed by atoms with Crippen molar-refractivity contribution in [2.45, 2.75) is 26.3 Å². The number of rotatable bonds is 4. The Hall–Kier alpha value is -4.01. The van der Waals surface area contributed by atoms with Gasteiger partial charge in [-0.15, -0.1) is 0 Å². The van der Waals surface area contributed by atoms with Crippen LogP contribution >= 0.6 is 0 Å². The molecule has 1 heterocycles. The number of aromatic carboxylic acids is 2. The summed E-state index contributed by atoms with van der Waals surface area (Å²) in [6.45, 7) is 5.13. The van der Waals surface area contributed by atoms with Crippen molar-refractivity contribution in [2.24, 2.45) is 0 Å². The first-order chi connectivity index (χ1) is 13.9. The number of nitrogens with one attached hydrogen (secondary N) is 1. The minimum Gasteiger partial charge on any atom is -0.545 e. The molecule has 30 heavy (non-hydrogen) atoms. The Morgan fingerprint density at radius 3 is 1.83 bits per heavy atom. The summed E-state index contributed by atoms with van der Waals surface area (Å²) in [5.74, 6) is -4.98. The van der Waals surface area contributed by atoms with E-state index in [-0.39, 0.29) is 22.4 Å². The van der Waals surface area contributed by atoms with Crippen molar-refractivity contribution < 1.29 is 34.2 Å². The van der Waals surface area contributed by atoms with Crippen molar-refractivity contribution in [3.05, 3.63) is 64.2 Å². The topological polar surface area (TPSA) is 147 Å². The number of carboxylic acid groups (broad SMARTS) is 2. The molecule has 2 aromatic carbocycles. The second kappa shape index (κ2) is 7.11. The van der Waals surface area contributed by atoms with Crippen LogP contribution < -0.4 is 15.5 Å². The zero-order chi connectivity index (χ0) is 22.4. The number of benzene rings is 2. The number of carboxylic acids is 2. The largest absolute Gasteiger partial charge is 0.545 e. The average Bonchev–Trinajstić information content (AvgIpc) is 2.91. The third-order valence-corrected chi connectivity index (χ3v) is 4.48. The van der Waals surface area contributed by atoms with Gasteiger partial charge in [-0.2, -0.15) is 0 Å². The SMILES string of the molecule is CC(C)(C)N1C(=O)c2ccc(C(=O)Nc3cc(C(=O)[O-])cc(C(=O)[O-])c3)cc2C1=O. The number of anilines is 1. The van der Waals surface area contributed by atoms with E-state index in [1.165, 1.54) is 18.2 Å². The molecule has 0 unspecified atom stereocenters. The fourth-order valence-electron chi connectivity index (χ4n) is 3.13. The molecular weight excluding hydrogens is 392 g/mol. The maximum atomic E-state index is 12.7. The summed E-state index contributed by atoms with van der Waals surface area (Å²) in [6.07, 6.45) is 0. The highest BCUT2D eigenvalue weighted by Crippen LogP contribution is 2.30. The van der Waals surface area contributed by atoms with Crippen LogP contribution in [0.15, 0.2) is 36.4 Å². The Balaban J connectivity index is 1.93. The molecule has 0 radical (unpaired) electrons. The van der Waals surface area contributed by atoms with Crippen LogP contribution in [-0.2, 0) is 0 Å². The van der Waals surface area contributed by atoms with Gasteiger partial charge in [-0.3, -0.25) is 19.3 Å². The van der Waals surface area contributed by atoms with E-state index in [1.54, 1.807) is 20.8 Å². The minimum absolute atomic E-state index is 0.0273. The van der Waals surface area contributed by atoms with Crippen LogP contribution in [-0.4, -0.2) is 40.1 Å². The molecule has 0 atom stereocenters. The van der Waals surface area contributed by atoms with Crippen molar-refractivity contribution in [2.75, 3.05) is 5.32 Å². The standard InChI is InChI=1S/C21H18N2O7/c1-21(2,3)23-17(25)14-5-4-10(9-15(14)18(23)26)16(24)22-13-7-11(19(27)28)6-12(8-13)20(29)30/h4-9H,1-3H3,(H,22,24)(H,27,28)(H,29,30)/p-2. The molecule has 0 saturated heterocycles. The number of nitrogens with zero attached hydrogens (tertiary/aromatic N) is 1. The quantitative estimate of drug-likeness (QED) is 0.704. The number of carbonyl (C=O) groups excluding carboxylic acids is 5. The number of amides is 3. The summed E-state index contributed by atoms with van der Waals surface area (Å²) >= 11 is 0. The van der Waals surface area contributed by atoms with Crippen LogP contribution in [0.3, 0.4) is 0 Å². The van der Waals surface area contributed by atoms with Gasteiger partial charge in [0.15, 0.2) is 0 Å². The van der Waals surface area contributed by atoms with Crippen LogP contribution in [0.5, 0.6) is 0 Å². The molecule has 1 N–H and O–H groups in total. The maximum absolute atomic E-state index is 12.7. The highest BCUT2D eigenvalue weighted by atomic mass is 16.4. The highest BCUT2D eigenvalue weighted by molar-refractivity contribution is 6.22. The zero-order valence-electron chi connectivity index (χ0n) is 16.3. The van der Waals surface area contributed by atoms with E-state index < -0.39 is 46.3 Å². The Morgan fingerprint density at radius 2 is 1.33 bits per heavy atom. The molecule has 1 aliphatic rings. The van der Waals surface area contributed by atoms with Gasteiger partial charge < -0.3 is 25.1 Å². The summed E-state index contributed by atoms with van der Waals surface area (Å²) in [7, 11) is 0. The molecule has 154 valence electrons. The normalized spacial score (nSPS) is 13.2. The first-order valence-electron chi connectivity index (χ1n) is 8.82. The lowest BCUT2D eigenvalue weighted by Gasteiger charge is -2.29.